The summed E-state index contributed by atoms with van der Waals surface area (Å²) in [4.78, 5) is 28.4. The summed E-state index contributed by atoms with van der Waals surface area (Å²) in [7, 11) is 0. The molecule has 2 saturated heterocycles. The minimum absolute atomic E-state index is 0.0312. The molecule has 1 aliphatic carbocycles. The summed E-state index contributed by atoms with van der Waals surface area (Å²) in [6.45, 7) is 1.59. The van der Waals surface area contributed by atoms with Crippen molar-refractivity contribution in [3.8, 4) is 11.1 Å². The Morgan fingerprint density at radius 1 is 0.868 bits per heavy atom. The number of Topliss-reactive ketones (excluding diaryl/α,β-unsaturated/α-hetero) is 1. The lowest BCUT2D eigenvalue weighted by Gasteiger charge is -2.38. The first-order valence-corrected chi connectivity index (χ1v) is 13.1. The van der Waals surface area contributed by atoms with Gasteiger partial charge in [-0.1, -0.05) is 60.7 Å². The van der Waals surface area contributed by atoms with Gasteiger partial charge >= 0.3 is 12.3 Å². The Morgan fingerprint density at radius 3 is 2.03 bits per heavy atom. The van der Waals surface area contributed by atoms with E-state index in [0.29, 0.717) is 12.8 Å². The van der Waals surface area contributed by atoms with Crippen molar-refractivity contribution in [3.05, 3.63) is 94.5 Å². The molecule has 1 amide bonds. The van der Waals surface area contributed by atoms with Crippen molar-refractivity contribution in [2.45, 2.75) is 56.8 Å². The van der Waals surface area contributed by atoms with Gasteiger partial charge in [0.15, 0.2) is 5.78 Å². The molecule has 3 aromatic rings. The van der Waals surface area contributed by atoms with Crippen LogP contribution in [0.5, 0.6) is 0 Å². The Labute approximate surface area is 219 Å². The maximum absolute atomic E-state index is 13.4. The molecule has 0 radical (unpaired) electrons. The fourth-order valence-electron chi connectivity index (χ4n) is 6.79. The van der Waals surface area contributed by atoms with E-state index in [2.05, 4.69) is 24.3 Å². The molecule has 0 N–H and O–H groups in total. The average Bonchev–Trinajstić information content (AvgIpc) is 3.36. The van der Waals surface area contributed by atoms with E-state index in [1.54, 1.807) is 4.90 Å². The molecule has 2 fully saturated rings. The molecule has 0 saturated carbocycles. The molecule has 7 heteroatoms. The monoisotopic (exact) mass is 519 g/mol. The average molecular weight is 520 g/mol. The van der Waals surface area contributed by atoms with Crippen molar-refractivity contribution in [3.63, 3.8) is 0 Å². The van der Waals surface area contributed by atoms with Crippen molar-refractivity contribution >= 4 is 11.9 Å². The minimum atomic E-state index is -4.51. The number of alkyl halides is 3. The molecule has 0 aromatic heterocycles. The molecular formula is C31H28F3NO3. The SMILES string of the molecule is Cc1c(C(=O)C2CC3CCC(C2)N3C(=O)OCC2c3ccccc3-c3ccccc32)cccc1C(F)(F)F. The summed E-state index contributed by atoms with van der Waals surface area (Å²) >= 11 is 0. The lowest BCUT2D eigenvalue weighted by Crippen LogP contribution is -2.48. The van der Waals surface area contributed by atoms with Crippen LogP contribution in [0.1, 0.15) is 64.2 Å². The number of halogens is 3. The van der Waals surface area contributed by atoms with Crippen LogP contribution in [0.2, 0.25) is 0 Å². The Balaban J connectivity index is 1.15. The van der Waals surface area contributed by atoms with Gasteiger partial charge < -0.3 is 9.64 Å². The number of piperidine rings is 1. The van der Waals surface area contributed by atoms with Crippen LogP contribution in [-0.2, 0) is 10.9 Å². The number of amides is 1. The van der Waals surface area contributed by atoms with Gasteiger partial charge in [-0.15, -0.1) is 0 Å². The number of carbonyl (C=O) groups is 2. The predicted molar refractivity (Wildman–Crippen MR) is 137 cm³/mol. The summed E-state index contributed by atoms with van der Waals surface area (Å²) in [5.74, 6) is -0.711. The van der Waals surface area contributed by atoms with Crippen LogP contribution in [0.4, 0.5) is 18.0 Å². The number of hydrogen-bond donors (Lipinski definition) is 0. The van der Waals surface area contributed by atoms with Crippen LogP contribution in [-0.4, -0.2) is 35.5 Å². The second-order valence-electron chi connectivity index (χ2n) is 10.6. The van der Waals surface area contributed by atoms with E-state index in [-0.39, 0.29) is 47.6 Å². The van der Waals surface area contributed by atoms with Crippen LogP contribution >= 0.6 is 0 Å². The van der Waals surface area contributed by atoms with Crippen LogP contribution in [0.3, 0.4) is 0 Å². The second-order valence-corrected chi connectivity index (χ2v) is 10.6. The largest absolute Gasteiger partial charge is 0.448 e. The van der Waals surface area contributed by atoms with Crippen LogP contribution in [0, 0.1) is 12.8 Å². The van der Waals surface area contributed by atoms with Crippen molar-refractivity contribution in [2.75, 3.05) is 6.61 Å². The highest BCUT2D eigenvalue weighted by Crippen LogP contribution is 2.45. The van der Waals surface area contributed by atoms with E-state index in [0.717, 1.165) is 41.2 Å². The number of carbonyl (C=O) groups excluding carboxylic acids is 2. The first-order chi connectivity index (χ1) is 18.2. The fraction of sp³-hybridized carbons (Fsp3) is 0.355. The summed E-state index contributed by atoms with van der Waals surface area (Å²) in [5.41, 5.74) is 3.93. The Hall–Kier alpha value is -3.61. The summed E-state index contributed by atoms with van der Waals surface area (Å²) < 4.78 is 46.1. The highest BCUT2D eigenvalue weighted by molar-refractivity contribution is 5.99. The predicted octanol–water partition coefficient (Wildman–Crippen LogP) is 7.39. The quantitative estimate of drug-likeness (QED) is 0.338. The zero-order valence-electron chi connectivity index (χ0n) is 21.0. The van der Waals surface area contributed by atoms with Crippen LogP contribution in [0.25, 0.3) is 11.1 Å². The van der Waals surface area contributed by atoms with Gasteiger partial charge in [0.05, 0.1) is 5.56 Å². The first-order valence-electron chi connectivity index (χ1n) is 13.1. The molecule has 6 rings (SSSR count). The van der Waals surface area contributed by atoms with Gasteiger partial charge in [-0.3, -0.25) is 4.79 Å². The number of ether oxygens (including phenoxy) is 1. The van der Waals surface area contributed by atoms with Gasteiger partial charge in [-0.2, -0.15) is 13.2 Å². The molecule has 3 aromatic carbocycles. The first kappa shape index (κ1) is 24.7. The maximum Gasteiger partial charge on any atom is 0.416 e. The topological polar surface area (TPSA) is 46.6 Å². The lowest BCUT2D eigenvalue weighted by molar-refractivity contribution is -0.138. The molecule has 2 aliphatic heterocycles. The highest BCUT2D eigenvalue weighted by Gasteiger charge is 2.46. The van der Waals surface area contributed by atoms with Crippen molar-refractivity contribution in [1.82, 2.24) is 4.90 Å². The van der Waals surface area contributed by atoms with Crippen molar-refractivity contribution < 1.29 is 27.5 Å². The molecule has 196 valence electrons. The van der Waals surface area contributed by atoms with Gasteiger partial charge in [0, 0.05) is 29.5 Å². The van der Waals surface area contributed by atoms with E-state index >= 15 is 0 Å². The third kappa shape index (κ3) is 4.08. The fourth-order valence-corrected chi connectivity index (χ4v) is 6.79. The lowest BCUT2D eigenvalue weighted by atomic mass is 9.83. The molecule has 4 nitrogen and oxygen atoms in total. The van der Waals surface area contributed by atoms with Gasteiger partial charge in [0.1, 0.15) is 6.61 Å². The van der Waals surface area contributed by atoms with Gasteiger partial charge in [-0.05, 0) is 66.5 Å². The minimum Gasteiger partial charge on any atom is -0.448 e. The zero-order chi connectivity index (χ0) is 26.6. The van der Waals surface area contributed by atoms with Crippen LogP contribution < -0.4 is 0 Å². The zero-order valence-corrected chi connectivity index (χ0v) is 21.0. The molecule has 0 spiro atoms. The third-order valence-corrected chi connectivity index (χ3v) is 8.56. The number of ketones is 1. The molecule has 2 atom stereocenters. The normalized spacial score (nSPS) is 22.2. The number of rotatable bonds is 4. The molecule has 38 heavy (non-hydrogen) atoms. The van der Waals surface area contributed by atoms with Gasteiger partial charge in [-0.25, -0.2) is 4.79 Å². The number of fused-ring (bicyclic) bond motifs is 5. The van der Waals surface area contributed by atoms with E-state index in [1.165, 1.54) is 19.1 Å². The highest BCUT2D eigenvalue weighted by atomic mass is 19.4. The standard InChI is InChI=1S/C31H28F3NO3/c1-18-22(11-6-12-28(18)31(32,33)34)29(36)19-15-20-13-14-21(16-19)35(20)30(37)38-17-27-25-9-4-2-7-23(25)24-8-3-5-10-26(24)27/h2-12,19-21,27H,13-17H2,1H3. The number of hydrogen-bond acceptors (Lipinski definition) is 3. The summed E-state index contributed by atoms with van der Waals surface area (Å²) in [6, 6.07) is 19.8. The van der Waals surface area contributed by atoms with Crippen LogP contribution in [0.15, 0.2) is 66.7 Å². The Kier molecular flexibility index (Phi) is 6.04. The van der Waals surface area contributed by atoms with E-state index in [9.17, 15) is 22.8 Å². The summed E-state index contributed by atoms with van der Waals surface area (Å²) in [5, 5.41) is 0. The maximum atomic E-state index is 13.4. The van der Waals surface area contributed by atoms with Gasteiger partial charge in [0.2, 0.25) is 0 Å². The van der Waals surface area contributed by atoms with Gasteiger partial charge in [0.25, 0.3) is 0 Å². The van der Waals surface area contributed by atoms with Crippen molar-refractivity contribution in [2.24, 2.45) is 5.92 Å². The molecule has 2 bridgehead atoms. The Bertz CT molecular complexity index is 1360. The second kappa shape index (κ2) is 9.29. The number of nitrogens with zero attached hydrogens (tertiary/aromatic N) is 1. The Morgan fingerprint density at radius 2 is 1.45 bits per heavy atom. The smallest absolute Gasteiger partial charge is 0.416 e. The number of benzene rings is 3. The molecular weight excluding hydrogens is 491 g/mol. The molecule has 2 unspecified atom stereocenters. The third-order valence-electron chi connectivity index (χ3n) is 8.56. The molecule has 2 heterocycles. The van der Waals surface area contributed by atoms with E-state index in [1.807, 2.05) is 24.3 Å². The summed E-state index contributed by atoms with van der Waals surface area (Å²) in [6.07, 6.45) is -2.47. The molecule has 3 aliphatic rings. The van der Waals surface area contributed by atoms with Crippen molar-refractivity contribution in [1.29, 1.82) is 0 Å². The van der Waals surface area contributed by atoms with E-state index < -0.39 is 17.7 Å². The van der Waals surface area contributed by atoms with E-state index in [4.69, 9.17) is 4.74 Å².